The summed E-state index contributed by atoms with van der Waals surface area (Å²) in [4.78, 5) is 0. The van der Waals surface area contributed by atoms with E-state index in [1.54, 1.807) is 0 Å². The maximum atomic E-state index is 12.5. The lowest BCUT2D eigenvalue weighted by atomic mass is 10.1. The van der Waals surface area contributed by atoms with Crippen molar-refractivity contribution < 1.29 is 21.6 Å². The fraction of sp³-hybridized carbons (Fsp3) is 0.455. The number of hydrogen-bond acceptors (Lipinski definition) is 3. The van der Waals surface area contributed by atoms with E-state index in [0.717, 1.165) is 12.1 Å². The van der Waals surface area contributed by atoms with Crippen LogP contribution < -0.4 is 10.5 Å². The minimum absolute atomic E-state index is 0.136. The summed E-state index contributed by atoms with van der Waals surface area (Å²) in [6.07, 6.45) is -4.13. The molecule has 0 aromatic heterocycles. The zero-order valence-electron chi connectivity index (χ0n) is 10.1. The van der Waals surface area contributed by atoms with Gasteiger partial charge >= 0.3 is 6.18 Å². The van der Waals surface area contributed by atoms with Crippen LogP contribution in [0.15, 0.2) is 24.3 Å². The first-order chi connectivity index (χ1) is 8.74. The molecule has 0 heterocycles. The van der Waals surface area contributed by atoms with Gasteiger partial charge in [0.05, 0.1) is 11.3 Å². The van der Waals surface area contributed by atoms with Crippen LogP contribution in [0.3, 0.4) is 0 Å². The van der Waals surface area contributed by atoms with Crippen LogP contribution in [0.2, 0.25) is 0 Å². The fourth-order valence-corrected chi connectivity index (χ4v) is 2.47. The topological polar surface area (TPSA) is 72.2 Å². The van der Waals surface area contributed by atoms with E-state index in [1.807, 2.05) is 0 Å². The Morgan fingerprint density at radius 1 is 1.26 bits per heavy atom. The average molecular weight is 296 g/mol. The number of sulfonamides is 1. The summed E-state index contributed by atoms with van der Waals surface area (Å²) < 4.78 is 62.5. The van der Waals surface area contributed by atoms with Crippen molar-refractivity contribution >= 4 is 10.0 Å². The van der Waals surface area contributed by atoms with E-state index in [2.05, 4.69) is 4.72 Å². The summed E-state index contributed by atoms with van der Waals surface area (Å²) in [6, 6.07) is 4.53. The number of nitrogens with one attached hydrogen (secondary N) is 1. The molecule has 0 saturated carbocycles. The molecule has 0 saturated heterocycles. The van der Waals surface area contributed by atoms with E-state index in [9.17, 15) is 21.6 Å². The van der Waals surface area contributed by atoms with Crippen molar-refractivity contribution in [3.63, 3.8) is 0 Å². The van der Waals surface area contributed by atoms with Crippen LogP contribution in [0.1, 0.15) is 17.5 Å². The highest BCUT2D eigenvalue weighted by Gasteiger charge is 2.30. The van der Waals surface area contributed by atoms with Crippen LogP contribution in [0.4, 0.5) is 13.2 Å². The van der Waals surface area contributed by atoms with E-state index in [-0.39, 0.29) is 24.4 Å². The molecule has 0 amide bonds. The third kappa shape index (κ3) is 5.58. The standard InChI is InChI=1S/C11H15F3N2O2S/c12-11(13,14)10-4-1-3-9(7-10)8-16-19(17,18)6-2-5-15/h1,3-4,7,16H,2,5-6,8,15H2. The highest BCUT2D eigenvalue weighted by Crippen LogP contribution is 2.29. The zero-order chi connectivity index (χ0) is 14.5. The predicted octanol–water partition coefficient (Wildman–Crippen LogP) is 1.47. The average Bonchev–Trinajstić information content (AvgIpc) is 2.34. The van der Waals surface area contributed by atoms with Crippen LogP contribution in [0, 0.1) is 0 Å². The Hall–Kier alpha value is -1.12. The van der Waals surface area contributed by atoms with E-state index in [0.29, 0.717) is 6.42 Å². The zero-order valence-corrected chi connectivity index (χ0v) is 10.9. The van der Waals surface area contributed by atoms with Gasteiger partial charge in [0.15, 0.2) is 0 Å². The fourth-order valence-electron chi connectivity index (χ4n) is 1.40. The minimum atomic E-state index is -4.44. The quantitative estimate of drug-likeness (QED) is 0.835. The van der Waals surface area contributed by atoms with Crippen LogP contribution in [-0.4, -0.2) is 20.7 Å². The van der Waals surface area contributed by atoms with Gasteiger partial charge in [-0.1, -0.05) is 18.2 Å². The van der Waals surface area contributed by atoms with Crippen molar-refractivity contribution in [3.05, 3.63) is 35.4 Å². The van der Waals surface area contributed by atoms with Crippen LogP contribution in [0.5, 0.6) is 0 Å². The lowest BCUT2D eigenvalue weighted by Gasteiger charge is -2.09. The molecule has 0 radical (unpaired) electrons. The Morgan fingerprint density at radius 2 is 1.95 bits per heavy atom. The molecule has 0 fully saturated rings. The van der Waals surface area contributed by atoms with Crippen molar-refractivity contribution in [2.24, 2.45) is 5.73 Å². The Balaban J connectivity index is 2.69. The highest BCUT2D eigenvalue weighted by molar-refractivity contribution is 7.89. The molecule has 1 rings (SSSR count). The summed E-state index contributed by atoms with van der Waals surface area (Å²) in [5.41, 5.74) is 4.65. The van der Waals surface area contributed by atoms with Gasteiger partial charge in [-0.05, 0) is 24.6 Å². The predicted molar refractivity (Wildman–Crippen MR) is 65.7 cm³/mol. The summed E-state index contributed by atoms with van der Waals surface area (Å²) in [5, 5.41) is 0. The molecule has 0 aliphatic carbocycles. The first kappa shape index (κ1) is 15.9. The number of alkyl halides is 3. The number of nitrogens with two attached hydrogens (primary N) is 1. The second-order valence-electron chi connectivity index (χ2n) is 3.98. The van der Waals surface area contributed by atoms with Crippen molar-refractivity contribution in [3.8, 4) is 0 Å². The first-order valence-corrected chi connectivity index (χ1v) is 7.23. The van der Waals surface area contributed by atoms with Gasteiger partial charge in [-0.3, -0.25) is 0 Å². The van der Waals surface area contributed by atoms with Gasteiger partial charge in [-0.15, -0.1) is 0 Å². The number of rotatable bonds is 6. The molecule has 108 valence electrons. The van der Waals surface area contributed by atoms with Gasteiger partial charge in [0.2, 0.25) is 10.0 Å². The minimum Gasteiger partial charge on any atom is -0.330 e. The van der Waals surface area contributed by atoms with Crippen LogP contribution >= 0.6 is 0 Å². The third-order valence-electron chi connectivity index (χ3n) is 2.37. The molecule has 0 unspecified atom stereocenters. The molecule has 8 heteroatoms. The second-order valence-corrected chi connectivity index (χ2v) is 5.91. The van der Waals surface area contributed by atoms with Crippen LogP contribution in [0.25, 0.3) is 0 Å². The molecule has 0 spiro atoms. The number of hydrogen-bond donors (Lipinski definition) is 2. The molecule has 19 heavy (non-hydrogen) atoms. The summed E-state index contributed by atoms with van der Waals surface area (Å²) in [7, 11) is -3.50. The number of benzene rings is 1. The maximum Gasteiger partial charge on any atom is 0.416 e. The van der Waals surface area contributed by atoms with Crippen LogP contribution in [-0.2, 0) is 22.7 Å². The van der Waals surface area contributed by atoms with Crippen molar-refractivity contribution in [1.82, 2.24) is 4.72 Å². The normalized spacial score (nSPS) is 12.6. The largest absolute Gasteiger partial charge is 0.416 e. The SMILES string of the molecule is NCCCS(=O)(=O)NCc1cccc(C(F)(F)F)c1. The van der Waals surface area contributed by atoms with E-state index in [1.165, 1.54) is 12.1 Å². The van der Waals surface area contributed by atoms with E-state index < -0.39 is 21.8 Å². The smallest absolute Gasteiger partial charge is 0.330 e. The van der Waals surface area contributed by atoms with Gasteiger partial charge in [-0.2, -0.15) is 13.2 Å². The highest BCUT2D eigenvalue weighted by atomic mass is 32.2. The van der Waals surface area contributed by atoms with Crippen molar-refractivity contribution in [1.29, 1.82) is 0 Å². The summed E-state index contributed by atoms with van der Waals surface area (Å²) in [5.74, 6) is -0.136. The Morgan fingerprint density at radius 3 is 2.53 bits per heavy atom. The molecule has 0 aliphatic heterocycles. The molecular formula is C11H15F3N2O2S. The lowest BCUT2D eigenvalue weighted by molar-refractivity contribution is -0.137. The molecule has 1 aromatic rings. The van der Waals surface area contributed by atoms with E-state index >= 15 is 0 Å². The Labute approximate surface area is 109 Å². The molecule has 4 nitrogen and oxygen atoms in total. The molecule has 0 bridgehead atoms. The summed E-state index contributed by atoms with van der Waals surface area (Å²) >= 11 is 0. The molecule has 0 aliphatic rings. The van der Waals surface area contributed by atoms with Gasteiger partial charge in [0.25, 0.3) is 0 Å². The first-order valence-electron chi connectivity index (χ1n) is 5.58. The molecule has 0 atom stereocenters. The Kier molecular flexibility index (Phi) is 5.33. The monoisotopic (exact) mass is 296 g/mol. The van der Waals surface area contributed by atoms with Gasteiger partial charge in [0.1, 0.15) is 0 Å². The molecule has 1 aromatic carbocycles. The third-order valence-corrected chi connectivity index (χ3v) is 3.78. The van der Waals surface area contributed by atoms with Crippen molar-refractivity contribution in [2.45, 2.75) is 19.1 Å². The van der Waals surface area contributed by atoms with Gasteiger partial charge in [-0.25, -0.2) is 13.1 Å². The van der Waals surface area contributed by atoms with Gasteiger partial charge < -0.3 is 5.73 Å². The van der Waals surface area contributed by atoms with Crippen molar-refractivity contribution in [2.75, 3.05) is 12.3 Å². The number of halogens is 3. The molecular weight excluding hydrogens is 281 g/mol. The van der Waals surface area contributed by atoms with Gasteiger partial charge in [0, 0.05) is 6.54 Å². The molecule has 3 N–H and O–H groups in total. The second kappa shape index (κ2) is 6.36. The van der Waals surface area contributed by atoms with E-state index in [4.69, 9.17) is 5.73 Å². The summed E-state index contributed by atoms with van der Waals surface area (Å²) in [6.45, 7) is 0.0707. The lowest BCUT2D eigenvalue weighted by Crippen LogP contribution is -2.27. The Bertz CT molecular complexity index is 515. The maximum absolute atomic E-state index is 12.5.